The van der Waals surface area contributed by atoms with Gasteiger partial charge in [-0.1, -0.05) is 40.9 Å². The summed E-state index contributed by atoms with van der Waals surface area (Å²) in [5.74, 6) is 2.56. The second kappa shape index (κ2) is 15.8. The lowest BCUT2D eigenvalue weighted by molar-refractivity contribution is -0.668. The highest BCUT2D eigenvalue weighted by Gasteiger charge is 2.32. The van der Waals surface area contributed by atoms with Crippen LogP contribution in [0.2, 0.25) is 0 Å². The first-order chi connectivity index (χ1) is 28.4. The van der Waals surface area contributed by atoms with Gasteiger partial charge >= 0.3 is 24.7 Å². The molecule has 0 atom stereocenters. The molecule has 1 saturated carbocycles. The van der Waals surface area contributed by atoms with Crippen LogP contribution in [-0.2, 0) is 12.6 Å². The summed E-state index contributed by atoms with van der Waals surface area (Å²) in [6.07, 6.45) is 0.518. The van der Waals surface area contributed by atoms with Crippen molar-refractivity contribution in [1.29, 1.82) is 0 Å². The van der Waals surface area contributed by atoms with Crippen LogP contribution in [-0.4, -0.2) is 45.9 Å². The van der Waals surface area contributed by atoms with Crippen LogP contribution in [0.1, 0.15) is 42.9 Å². The maximum atomic E-state index is 12.8. The van der Waals surface area contributed by atoms with Crippen LogP contribution in [0.5, 0.6) is 5.75 Å². The fraction of sp³-hybridized carbons (Fsp3) is 0.179. The van der Waals surface area contributed by atoms with E-state index < -0.39 is 18.4 Å². The molecule has 1 fully saturated rings. The summed E-state index contributed by atoms with van der Waals surface area (Å²) in [4.78, 5) is 18.9. The third-order valence-corrected chi connectivity index (χ3v) is 8.99. The van der Waals surface area contributed by atoms with Crippen molar-refractivity contribution >= 4 is 45.1 Å². The van der Waals surface area contributed by atoms with Gasteiger partial charge in [-0.3, -0.25) is 9.13 Å². The minimum atomic E-state index is -4.42. The molecule has 1 aliphatic rings. The molecule has 0 bridgehead atoms. The molecule has 1 aliphatic carbocycles. The molecule has 20 heteroatoms. The molecule has 8 aromatic rings. The molecule has 0 amide bonds. The molecule has 9 rings (SSSR count). The molecule has 0 unspecified atom stereocenters. The van der Waals surface area contributed by atoms with E-state index in [0.29, 0.717) is 27.5 Å². The Labute approximate surface area is 330 Å². The lowest BCUT2D eigenvalue weighted by Gasteiger charge is -2.10. The number of fused-ring (bicyclic) bond motifs is 2. The molecule has 59 heavy (non-hydrogen) atoms. The fourth-order valence-corrected chi connectivity index (χ4v) is 6.24. The molecule has 300 valence electrons. The summed E-state index contributed by atoms with van der Waals surface area (Å²) >= 11 is 0. The maximum absolute atomic E-state index is 12.8. The van der Waals surface area contributed by atoms with Crippen molar-refractivity contribution < 1.29 is 36.4 Å². The Bertz CT molecular complexity index is 2760. The number of para-hydroxylation sites is 4. The van der Waals surface area contributed by atoms with E-state index in [-0.39, 0.29) is 35.2 Å². The Morgan fingerprint density at radius 3 is 1.75 bits per heavy atom. The number of nitrogens with zero attached hydrogens (tertiary/aromatic N) is 10. The number of hydrogen-bond acceptors (Lipinski definition) is 11. The zero-order valence-electron chi connectivity index (χ0n) is 30.8. The van der Waals surface area contributed by atoms with E-state index in [1.165, 1.54) is 30.5 Å². The Hall–Kier alpha value is -7.51. The van der Waals surface area contributed by atoms with Crippen molar-refractivity contribution in [3.8, 4) is 17.6 Å². The number of anilines is 4. The number of hydrogen-bond donors (Lipinski definition) is 2. The second-order valence-corrected chi connectivity index (χ2v) is 13.2. The van der Waals surface area contributed by atoms with Crippen molar-refractivity contribution in [1.82, 2.24) is 39.3 Å². The normalized spacial score (nSPS) is 12.7. The molecule has 4 heterocycles. The molecule has 4 aromatic carbocycles. The van der Waals surface area contributed by atoms with Crippen molar-refractivity contribution in [2.24, 2.45) is 0 Å². The summed E-state index contributed by atoms with van der Waals surface area (Å²) in [6.45, 7) is -0.941. The highest BCUT2D eigenvalue weighted by Crippen LogP contribution is 2.41. The molecular formula is C39H31F5N12O3. The number of ether oxygens (including phenoxy) is 1. The minimum Gasteiger partial charge on any atom is -0.594 e. The number of halogens is 5. The van der Waals surface area contributed by atoms with E-state index in [1.54, 1.807) is 21.3 Å². The Balaban J connectivity index is 0.000000164. The molecule has 0 radical (unpaired) electrons. The van der Waals surface area contributed by atoms with Gasteiger partial charge in [0.1, 0.15) is 17.4 Å². The summed E-state index contributed by atoms with van der Waals surface area (Å²) in [6, 6.07) is 25.4. The quantitative estimate of drug-likeness (QED) is 0.0798. The van der Waals surface area contributed by atoms with E-state index in [9.17, 15) is 32.4 Å². The van der Waals surface area contributed by atoms with Crippen molar-refractivity contribution in [2.75, 3.05) is 10.6 Å². The predicted octanol–water partition coefficient (Wildman–Crippen LogP) is 7.45. The number of alkyl halides is 5. The predicted molar refractivity (Wildman–Crippen MR) is 204 cm³/mol. The third kappa shape index (κ3) is 8.60. The summed E-state index contributed by atoms with van der Waals surface area (Å²) in [7, 11) is 0. The van der Waals surface area contributed by atoms with Gasteiger partial charge in [0, 0.05) is 23.7 Å². The van der Waals surface area contributed by atoms with E-state index in [4.69, 9.17) is 0 Å². The van der Waals surface area contributed by atoms with Gasteiger partial charge in [0.05, 0.1) is 37.8 Å². The van der Waals surface area contributed by atoms with Crippen LogP contribution in [0.4, 0.5) is 45.0 Å². The molecular weight excluding hydrogens is 779 g/mol. The monoisotopic (exact) mass is 810 g/mol. The van der Waals surface area contributed by atoms with E-state index in [2.05, 4.69) is 45.5 Å². The van der Waals surface area contributed by atoms with Crippen molar-refractivity contribution in [3.05, 3.63) is 137 Å². The zero-order chi connectivity index (χ0) is 41.3. The third-order valence-electron chi connectivity index (χ3n) is 8.99. The number of aromatic nitrogens is 10. The van der Waals surface area contributed by atoms with Crippen molar-refractivity contribution in [3.63, 3.8) is 0 Å². The average Bonchev–Trinajstić information content (AvgIpc) is 3.87. The number of rotatable bonds is 10. The van der Waals surface area contributed by atoms with E-state index >= 15 is 0 Å². The van der Waals surface area contributed by atoms with Crippen LogP contribution in [0, 0.1) is 10.4 Å². The highest BCUT2D eigenvalue weighted by atomic mass is 19.4. The van der Waals surface area contributed by atoms with Gasteiger partial charge in [-0.2, -0.15) is 31.9 Å². The minimum absolute atomic E-state index is 0.0327. The zero-order valence-corrected chi connectivity index (χ0v) is 30.8. The smallest absolute Gasteiger partial charge is 0.416 e. The van der Waals surface area contributed by atoms with Gasteiger partial charge in [-0.25, -0.2) is 9.97 Å². The van der Waals surface area contributed by atoms with E-state index in [0.717, 1.165) is 64.9 Å². The summed E-state index contributed by atoms with van der Waals surface area (Å²) in [5.41, 5.74) is 3.28. The number of benzene rings is 4. The maximum Gasteiger partial charge on any atom is 0.416 e. The molecule has 0 aliphatic heterocycles. The van der Waals surface area contributed by atoms with Crippen LogP contribution in [0.3, 0.4) is 0 Å². The second-order valence-electron chi connectivity index (χ2n) is 13.2. The first-order valence-corrected chi connectivity index (χ1v) is 18.1. The van der Waals surface area contributed by atoms with E-state index in [1.807, 2.05) is 55.5 Å². The Kier molecular flexibility index (Phi) is 10.3. The van der Waals surface area contributed by atoms with Crippen LogP contribution in [0.15, 0.2) is 109 Å². The number of imidazole rings is 2. The van der Waals surface area contributed by atoms with Crippen LogP contribution < -0.4 is 25.1 Å². The van der Waals surface area contributed by atoms with Gasteiger partial charge in [0.25, 0.3) is 12.4 Å². The summed E-state index contributed by atoms with van der Waals surface area (Å²) in [5, 5.41) is 38.0. The topological polar surface area (TPSA) is 174 Å². The van der Waals surface area contributed by atoms with Gasteiger partial charge in [-0.15, -0.1) is 0 Å². The first kappa shape index (κ1) is 38.4. The Morgan fingerprint density at radius 2 is 1.22 bits per heavy atom. The fourth-order valence-electron chi connectivity index (χ4n) is 6.24. The average molecular weight is 811 g/mol. The number of nitrogens with one attached hydrogen (secondary N) is 2. The van der Waals surface area contributed by atoms with Crippen LogP contribution in [0.25, 0.3) is 34.0 Å². The first-order valence-electron chi connectivity index (χ1n) is 18.1. The van der Waals surface area contributed by atoms with Crippen LogP contribution >= 0.6 is 0 Å². The van der Waals surface area contributed by atoms with Crippen molar-refractivity contribution in [2.45, 2.75) is 44.9 Å². The molecule has 2 N–H and O–H groups in total. The van der Waals surface area contributed by atoms with Gasteiger partial charge in [0.15, 0.2) is 0 Å². The largest absolute Gasteiger partial charge is 0.594 e. The van der Waals surface area contributed by atoms with Gasteiger partial charge in [0.2, 0.25) is 11.6 Å². The lowest BCUT2D eigenvalue weighted by atomic mass is 10.2. The Morgan fingerprint density at radius 1 is 0.712 bits per heavy atom. The standard InChI is InChI=1S/C20H15F3N6O.C19H16F2N6O2/c21-20(22,23)13-7-9-14(10-8-13)24-17-11-28(30)27-19(26-17)29-16-4-2-1-3-15(16)25-18(29)12-5-6-12;1-2-17-23-14-5-3-4-6-15(14)27(17)19-24-16(11-26(28)25-19)22-12-7-9-13(10-8-12)29-18(20)21/h1-4,7-12H,5-6H2,(H,24,26,27);3-11,18H,2H2,1H3,(H,22,24,25). The SMILES string of the molecule is CCc1nc2ccccc2n1-c1nc(Nc2ccc(OC(F)F)cc2)c[n+]([O-])n1.[O-][n+]1cc(Nc2ccc(C(F)(F)F)cc2)nc(-n2c(C3CC3)nc3ccccc32)n1. The van der Waals surface area contributed by atoms with Gasteiger partial charge in [-0.05, 0) is 85.6 Å². The highest BCUT2D eigenvalue weighted by molar-refractivity contribution is 5.78. The van der Waals surface area contributed by atoms with Gasteiger partial charge < -0.3 is 25.8 Å². The molecule has 15 nitrogen and oxygen atoms in total. The molecule has 0 saturated heterocycles. The molecule has 0 spiro atoms. The summed E-state index contributed by atoms with van der Waals surface area (Å²) < 4.78 is 70.6. The number of aryl methyl sites for hydroxylation is 1. The molecule has 4 aromatic heterocycles. The lowest BCUT2D eigenvalue weighted by Crippen LogP contribution is -2.33.